The van der Waals surface area contributed by atoms with Gasteiger partial charge >= 0.3 is 0 Å². The first-order chi connectivity index (χ1) is 18.5. The smallest absolute Gasteiger partial charge is 0.296 e. The minimum atomic E-state index is -0.289. The SMILES string of the molecule is CCOc1ccc(/C=C2\CCC[C@H]3C2=NN(C(=O)c2nn(CC)cc2Cl)[C@H]3c2ccc(OCC)cc2)cc1. The second-order valence-electron chi connectivity index (χ2n) is 9.43. The molecular weight excluding hydrogens is 500 g/mol. The number of hydrogen-bond acceptors (Lipinski definition) is 5. The molecule has 8 heteroatoms. The van der Waals surface area contributed by atoms with Gasteiger partial charge in [0.2, 0.25) is 0 Å². The average Bonchev–Trinajstić information content (AvgIpc) is 3.51. The minimum Gasteiger partial charge on any atom is -0.494 e. The molecule has 2 aromatic carbocycles. The zero-order valence-corrected chi connectivity index (χ0v) is 22.8. The number of aromatic nitrogens is 2. The van der Waals surface area contributed by atoms with Crippen LogP contribution in [-0.2, 0) is 6.54 Å². The highest BCUT2D eigenvalue weighted by molar-refractivity contribution is 6.33. The molecule has 1 fully saturated rings. The maximum Gasteiger partial charge on any atom is 0.296 e. The first kappa shape index (κ1) is 26.0. The van der Waals surface area contributed by atoms with Crippen LogP contribution in [0.3, 0.4) is 0 Å². The maximum absolute atomic E-state index is 13.9. The molecule has 7 nitrogen and oxygen atoms in total. The summed E-state index contributed by atoms with van der Waals surface area (Å²) in [5.74, 6) is 1.44. The van der Waals surface area contributed by atoms with Crippen LogP contribution >= 0.6 is 11.6 Å². The number of carbonyl (C=O) groups is 1. The summed E-state index contributed by atoms with van der Waals surface area (Å²) in [7, 11) is 0. The third kappa shape index (κ3) is 5.20. The Bertz CT molecular complexity index is 1340. The van der Waals surface area contributed by atoms with E-state index in [-0.39, 0.29) is 23.6 Å². The van der Waals surface area contributed by atoms with Crippen LogP contribution in [0.1, 0.15) is 67.7 Å². The van der Waals surface area contributed by atoms with Crippen molar-refractivity contribution in [2.24, 2.45) is 11.0 Å². The van der Waals surface area contributed by atoms with E-state index in [1.54, 1.807) is 15.9 Å². The van der Waals surface area contributed by atoms with Crippen molar-refractivity contribution < 1.29 is 14.3 Å². The van der Waals surface area contributed by atoms with E-state index in [4.69, 9.17) is 26.2 Å². The summed E-state index contributed by atoms with van der Waals surface area (Å²) in [6.07, 6.45) is 6.74. The summed E-state index contributed by atoms with van der Waals surface area (Å²) in [5.41, 5.74) is 4.44. The molecule has 1 saturated carbocycles. The van der Waals surface area contributed by atoms with Crippen molar-refractivity contribution in [3.8, 4) is 11.5 Å². The van der Waals surface area contributed by atoms with Gasteiger partial charge in [0.25, 0.3) is 5.91 Å². The molecular formula is C30H33ClN4O3. The summed E-state index contributed by atoms with van der Waals surface area (Å²) >= 11 is 6.45. The van der Waals surface area contributed by atoms with Crippen molar-refractivity contribution in [1.82, 2.24) is 14.8 Å². The molecule has 0 radical (unpaired) electrons. The Labute approximate surface area is 228 Å². The van der Waals surface area contributed by atoms with Gasteiger partial charge in [0.05, 0.1) is 30.0 Å². The van der Waals surface area contributed by atoms with Gasteiger partial charge in [-0.25, -0.2) is 5.01 Å². The van der Waals surface area contributed by atoms with Crippen molar-refractivity contribution >= 4 is 29.3 Å². The van der Waals surface area contributed by atoms with Crippen LogP contribution in [0.4, 0.5) is 0 Å². The summed E-state index contributed by atoms with van der Waals surface area (Å²) in [4.78, 5) is 13.9. The number of hydrazone groups is 1. The maximum atomic E-state index is 13.9. The summed E-state index contributed by atoms with van der Waals surface area (Å²) in [6.45, 7) is 7.76. The van der Waals surface area contributed by atoms with Gasteiger partial charge in [0.15, 0.2) is 5.69 Å². The quantitative estimate of drug-likeness (QED) is 0.320. The van der Waals surface area contributed by atoms with Crippen molar-refractivity contribution in [2.45, 2.75) is 52.6 Å². The zero-order valence-electron chi connectivity index (χ0n) is 22.1. The third-order valence-corrected chi connectivity index (χ3v) is 7.29. The zero-order chi connectivity index (χ0) is 26.6. The number of halogens is 1. The molecule has 0 unspecified atom stereocenters. The van der Waals surface area contributed by atoms with Crippen LogP contribution in [0.5, 0.6) is 11.5 Å². The molecule has 38 heavy (non-hydrogen) atoms. The average molecular weight is 533 g/mol. The van der Waals surface area contributed by atoms with Crippen molar-refractivity contribution in [3.63, 3.8) is 0 Å². The molecule has 2 atom stereocenters. The Morgan fingerprint density at radius 2 is 1.68 bits per heavy atom. The van der Waals surface area contributed by atoms with Gasteiger partial charge in [-0.15, -0.1) is 0 Å². The van der Waals surface area contributed by atoms with Crippen molar-refractivity contribution in [2.75, 3.05) is 13.2 Å². The predicted octanol–water partition coefficient (Wildman–Crippen LogP) is 6.79. The Morgan fingerprint density at radius 3 is 2.29 bits per heavy atom. The van der Waals surface area contributed by atoms with E-state index in [0.29, 0.717) is 24.8 Å². The van der Waals surface area contributed by atoms with Crippen LogP contribution in [0.25, 0.3) is 6.08 Å². The van der Waals surface area contributed by atoms with Crippen LogP contribution < -0.4 is 9.47 Å². The number of fused-ring (bicyclic) bond motifs is 1. The first-order valence-corrected chi connectivity index (χ1v) is 13.7. The van der Waals surface area contributed by atoms with Gasteiger partial charge in [0.1, 0.15) is 11.5 Å². The van der Waals surface area contributed by atoms with Gasteiger partial charge < -0.3 is 9.47 Å². The Balaban J connectivity index is 1.53. The molecule has 3 aromatic rings. The van der Waals surface area contributed by atoms with Crippen LogP contribution in [-0.4, -0.2) is 39.6 Å². The van der Waals surface area contributed by atoms with Crippen LogP contribution in [0, 0.1) is 5.92 Å². The molecule has 5 rings (SSSR count). The molecule has 0 N–H and O–H groups in total. The number of allylic oxidation sites excluding steroid dienone is 1. The second kappa shape index (κ2) is 11.4. The predicted molar refractivity (Wildman–Crippen MR) is 150 cm³/mol. The number of nitrogens with zero attached hydrogens (tertiary/aromatic N) is 4. The van der Waals surface area contributed by atoms with E-state index in [1.165, 1.54) is 0 Å². The molecule has 1 aliphatic carbocycles. The van der Waals surface area contributed by atoms with Crippen LogP contribution in [0.15, 0.2) is 65.4 Å². The Kier molecular flexibility index (Phi) is 7.84. The highest BCUT2D eigenvalue weighted by Crippen LogP contribution is 2.45. The lowest BCUT2D eigenvalue weighted by molar-refractivity contribution is 0.0674. The number of benzene rings is 2. The summed E-state index contributed by atoms with van der Waals surface area (Å²) < 4.78 is 12.9. The number of ether oxygens (including phenoxy) is 2. The largest absolute Gasteiger partial charge is 0.494 e. The fraction of sp³-hybridized carbons (Fsp3) is 0.367. The van der Waals surface area contributed by atoms with E-state index in [1.807, 2.05) is 57.2 Å². The number of hydrogen-bond donors (Lipinski definition) is 0. The van der Waals surface area contributed by atoms with Gasteiger partial charge in [-0.1, -0.05) is 35.9 Å². The third-order valence-electron chi connectivity index (χ3n) is 7.02. The van der Waals surface area contributed by atoms with E-state index in [0.717, 1.165) is 53.2 Å². The monoisotopic (exact) mass is 532 g/mol. The lowest BCUT2D eigenvalue weighted by Crippen LogP contribution is -2.32. The normalized spacial score (nSPS) is 19.8. The molecule has 1 aliphatic heterocycles. The van der Waals surface area contributed by atoms with Gasteiger partial charge in [-0.3, -0.25) is 9.48 Å². The lowest BCUT2D eigenvalue weighted by atomic mass is 9.77. The second-order valence-corrected chi connectivity index (χ2v) is 9.84. The fourth-order valence-electron chi connectivity index (χ4n) is 5.27. The molecule has 0 spiro atoms. The number of carbonyl (C=O) groups excluding carboxylic acids is 1. The molecule has 1 amide bonds. The van der Waals surface area contributed by atoms with E-state index < -0.39 is 0 Å². The molecule has 1 aromatic heterocycles. The number of rotatable bonds is 8. The minimum absolute atomic E-state index is 0.0756. The van der Waals surface area contributed by atoms with Gasteiger partial charge in [-0.2, -0.15) is 10.2 Å². The topological polar surface area (TPSA) is 69.0 Å². The Morgan fingerprint density at radius 1 is 1.03 bits per heavy atom. The van der Waals surface area contributed by atoms with Crippen LogP contribution in [0.2, 0.25) is 5.02 Å². The molecule has 2 aliphatic rings. The molecule has 198 valence electrons. The van der Waals surface area contributed by atoms with Gasteiger partial charge in [-0.05, 0) is 87.1 Å². The van der Waals surface area contributed by atoms with E-state index in [9.17, 15) is 4.79 Å². The highest BCUT2D eigenvalue weighted by Gasteiger charge is 2.44. The number of amides is 1. The van der Waals surface area contributed by atoms with Crippen molar-refractivity contribution in [1.29, 1.82) is 0 Å². The fourth-order valence-corrected chi connectivity index (χ4v) is 5.50. The molecule has 0 saturated heterocycles. The number of aryl methyl sites for hydroxylation is 1. The summed E-state index contributed by atoms with van der Waals surface area (Å²) in [5, 5.41) is 11.4. The summed E-state index contributed by atoms with van der Waals surface area (Å²) in [6, 6.07) is 15.8. The highest BCUT2D eigenvalue weighted by atomic mass is 35.5. The van der Waals surface area contributed by atoms with E-state index in [2.05, 4.69) is 23.3 Å². The molecule has 0 bridgehead atoms. The lowest BCUT2D eigenvalue weighted by Gasteiger charge is -2.29. The van der Waals surface area contributed by atoms with Crippen molar-refractivity contribution in [3.05, 3.63) is 82.1 Å². The van der Waals surface area contributed by atoms with E-state index >= 15 is 0 Å². The molecule has 2 heterocycles. The van der Waals surface area contributed by atoms with Gasteiger partial charge in [0, 0.05) is 18.7 Å². The Hall–Kier alpha value is -3.58. The first-order valence-electron chi connectivity index (χ1n) is 13.3. The standard InChI is InChI=1S/C30H33ClN4O3/c1-4-34-19-26(31)28(32-34)30(36)35-29(21-12-16-24(17-13-21)38-6-3)25-9-7-8-22(27(25)33-35)18-20-10-14-23(15-11-20)37-5-2/h10-19,25,29H,4-9H2,1-3H3/b22-18+/t25-,29-/m0/s1.